The van der Waals surface area contributed by atoms with E-state index < -0.39 is 35.2 Å². The summed E-state index contributed by atoms with van der Waals surface area (Å²) in [4.78, 5) is 27.5. The first-order chi connectivity index (χ1) is 21.2. The molecule has 9 atom stereocenters. The first kappa shape index (κ1) is 39.2. The van der Waals surface area contributed by atoms with Crippen LogP contribution in [-0.4, -0.2) is 53.9 Å². The number of carbonyl (C=O) groups is 2. The predicted octanol–water partition coefficient (Wildman–Crippen LogP) is 8.79. The molecule has 46 heavy (non-hydrogen) atoms. The molecule has 6 nitrogen and oxygen atoms in total. The van der Waals surface area contributed by atoms with Crippen LogP contribution in [0.4, 0.5) is 0 Å². The number of cyclic esters (lactones) is 1. The minimum atomic E-state index is -1.56. The number of fused-ring (bicyclic) bond motifs is 1. The molecular formula is C38H68O6Si2. The molecule has 1 saturated heterocycles. The van der Waals surface area contributed by atoms with Crippen LogP contribution < -0.4 is 0 Å². The van der Waals surface area contributed by atoms with Gasteiger partial charge in [0.1, 0.15) is 18.3 Å². The Labute approximate surface area is 285 Å². The largest absolute Gasteiger partial charge is 0.461 e. The molecule has 0 saturated carbocycles. The maximum Gasteiger partial charge on any atom is 0.334 e. The van der Waals surface area contributed by atoms with E-state index in [1.807, 2.05) is 0 Å². The number of rotatable bonds is 12. The fourth-order valence-corrected chi connectivity index (χ4v) is 10.4. The van der Waals surface area contributed by atoms with Gasteiger partial charge in [0.15, 0.2) is 18.1 Å². The molecule has 0 radical (unpaired) electrons. The quantitative estimate of drug-likeness (QED) is 0.152. The monoisotopic (exact) mass is 676 g/mol. The number of esters is 2. The van der Waals surface area contributed by atoms with Gasteiger partial charge in [-0.1, -0.05) is 87.0 Å². The van der Waals surface area contributed by atoms with E-state index in [1.54, 1.807) is 0 Å². The Morgan fingerprint density at radius 3 is 2.17 bits per heavy atom. The molecule has 8 heteroatoms. The standard InChI is InChI=1S/C38H68O6Si2/c1-15-20-37(10,16-2)34(40)42-30-23-27(35(4,5)6)22-26-18-17-25(3)38(31(26)30,44-46(13)14)21-19-28-24-29(36(7,8)9)32(33(39)41-28)43-45(11)12/h17-18,22,25,27-32,45-46H,15-16,19-21,23-24H2,1-14H3/t25-,27+,28+,29-,30-,31+,32?,37-,38-/m0/s1. The van der Waals surface area contributed by atoms with E-state index in [0.717, 1.165) is 38.5 Å². The smallest absolute Gasteiger partial charge is 0.334 e. The van der Waals surface area contributed by atoms with E-state index in [1.165, 1.54) is 5.57 Å². The first-order valence-corrected chi connectivity index (χ1v) is 23.9. The van der Waals surface area contributed by atoms with Gasteiger partial charge in [0.05, 0.1) is 11.0 Å². The van der Waals surface area contributed by atoms with Gasteiger partial charge in [0.2, 0.25) is 0 Å². The first-order valence-electron chi connectivity index (χ1n) is 18.3. The molecule has 264 valence electrons. The molecule has 0 amide bonds. The van der Waals surface area contributed by atoms with Crippen LogP contribution in [0.5, 0.6) is 0 Å². The van der Waals surface area contributed by atoms with Gasteiger partial charge in [-0.15, -0.1) is 0 Å². The average molecular weight is 677 g/mol. The van der Waals surface area contributed by atoms with E-state index in [0.29, 0.717) is 6.42 Å². The molecule has 0 aromatic rings. The van der Waals surface area contributed by atoms with Crippen molar-refractivity contribution in [3.05, 3.63) is 23.8 Å². The van der Waals surface area contributed by atoms with Crippen molar-refractivity contribution in [2.24, 2.45) is 39.9 Å². The summed E-state index contributed by atoms with van der Waals surface area (Å²) in [5.41, 5.74) is 0.118. The van der Waals surface area contributed by atoms with Crippen molar-refractivity contribution in [2.75, 3.05) is 0 Å². The van der Waals surface area contributed by atoms with Crippen molar-refractivity contribution in [2.45, 2.75) is 164 Å². The van der Waals surface area contributed by atoms with Crippen LogP contribution >= 0.6 is 0 Å². The second kappa shape index (κ2) is 15.1. The summed E-state index contributed by atoms with van der Waals surface area (Å²) < 4.78 is 26.4. The van der Waals surface area contributed by atoms with E-state index >= 15 is 0 Å². The molecule has 0 aromatic heterocycles. The van der Waals surface area contributed by atoms with E-state index in [9.17, 15) is 9.59 Å². The number of hydrogen-bond donors (Lipinski definition) is 0. The average Bonchev–Trinajstić information content (AvgIpc) is 2.93. The summed E-state index contributed by atoms with van der Waals surface area (Å²) in [5, 5.41) is 0. The number of ether oxygens (including phenoxy) is 2. The fraction of sp³-hybridized carbons (Fsp3) is 0.842. The molecule has 1 heterocycles. The molecule has 0 aromatic carbocycles. The van der Waals surface area contributed by atoms with Crippen LogP contribution in [0.25, 0.3) is 0 Å². The Morgan fingerprint density at radius 1 is 1.00 bits per heavy atom. The van der Waals surface area contributed by atoms with Crippen LogP contribution in [0.15, 0.2) is 23.8 Å². The van der Waals surface area contributed by atoms with Gasteiger partial charge < -0.3 is 18.3 Å². The summed E-state index contributed by atoms with van der Waals surface area (Å²) in [6.07, 6.45) is 11.6. The van der Waals surface area contributed by atoms with Crippen LogP contribution in [0.3, 0.4) is 0 Å². The van der Waals surface area contributed by atoms with Crippen LogP contribution in [-0.2, 0) is 27.9 Å². The van der Waals surface area contributed by atoms with Crippen LogP contribution in [0, 0.1) is 39.9 Å². The van der Waals surface area contributed by atoms with Gasteiger partial charge in [-0.2, -0.15) is 0 Å². The molecule has 3 aliphatic rings. The minimum absolute atomic E-state index is 0.0308. The summed E-state index contributed by atoms with van der Waals surface area (Å²) in [7, 11) is -2.99. The molecule has 0 bridgehead atoms. The number of allylic oxidation sites excluding steroid dienone is 2. The highest BCUT2D eigenvalue weighted by atomic mass is 28.3. The molecule has 2 aliphatic carbocycles. The van der Waals surface area contributed by atoms with E-state index in [2.05, 4.69) is 114 Å². The molecule has 0 spiro atoms. The van der Waals surface area contributed by atoms with Crippen molar-refractivity contribution in [1.82, 2.24) is 0 Å². The Hall–Kier alpha value is -1.23. The lowest BCUT2D eigenvalue weighted by atomic mass is 9.59. The zero-order valence-electron chi connectivity index (χ0n) is 31.8. The lowest BCUT2D eigenvalue weighted by Crippen LogP contribution is -2.58. The molecule has 1 aliphatic heterocycles. The van der Waals surface area contributed by atoms with Crippen molar-refractivity contribution in [3.63, 3.8) is 0 Å². The van der Waals surface area contributed by atoms with Gasteiger partial charge >= 0.3 is 11.9 Å². The van der Waals surface area contributed by atoms with Crippen molar-refractivity contribution in [1.29, 1.82) is 0 Å². The van der Waals surface area contributed by atoms with Crippen molar-refractivity contribution in [3.8, 4) is 0 Å². The number of hydrogen-bond acceptors (Lipinski definition) is 6. The highest BCUT2D eigenvalue weighted by Crippen LogP contribution is 2.53. The number of carbonyl (C=O) groups excluding carboxylic acids is 2. The summed E-state index contributed by atoms with van der Waals surface area (Å²) in [6.45, 7) is 30.7. The maximum atomic E-state index is 14.0. The third-order valence-electron chi connectivity index (χ3n) is 11.2. The van der Waals surface area contributed by atoms with E-state index in [4.69, 9.17) is 18.3 Å². The topological polar surface area (TPSA) is 71.1 Å². The SMILES string of the molecule is CCC[C@](C)(CC)C(=O)O[C@H]1C[C@H](C(C)(C)C)C=C2C=C[C@H](C)[C@](CC[C@@H]3C[C@H](C(C)(C)C)C(O[SiH](C)C)C(=O)O3)(O[SiH](C)C)[C@H]21. The van der Waals surface area contributed by atoms with Gasteiger partial charge in [-0.25, -0.2) is 4.79 Å². The molecule has 1 fully saturated rings. The second-order valence-corrected chi connectivity index (χ2v) is 22.3. The normalized spacial score (nSPS) is 33.3. The Bertz CT molecular complexity index is 1120. The summed E-state index contributed by atoms with van der Waals surface area (Å²) >= 11 is 0. The Balaban J connectivity index is 2.04. The predicted molar refractivity (Wildman–Crippen MR) is 194 cm³/mol. The summed E-state index contributed by atoms with van der Waals surface area (Å²) in [5.74, 6) is 0.109. The van der Waals surface area contributed by atoms with Gasteiger partial charge in [0, 0.05) is 17.8 Å². The molecule has 0 N–H and O–H groups in total. The lowest BCUT2D eigenvalue weighted by molar-refractivity contribution is -0.180. The molecular weight excluding hydrogens is 609 g/mol. The van der Waals surface area contributed by atoms with Gasteiger partial charge in [-0.3, -0.25) is 4.79 Å². The summed E-state index contributed by atoms with van der Waals surface area (Å²) in [6, 6.07) is 0. The third kappa shape index (κ3) is 8.86. The highest BCUT2D eigenvalue weighted by molar-refractivity contribution is 6.48. The zero-order chi connectivity index (χ0) is 34.8. The molecule has 1 unspecified atom stereocenters. The van der Waals surface area contributed by atoms with E-state index in [-0.39, 0.29) is 58.6 Å². The second-order valence-electron chi connectivity index (χ2n) is 17.6. The van der Waals surface area contributed by atoms with Gasteiger partial charge in [-0.05, 0) is 94.0 Å². The van der Waals surface area contributed by atoms with Crippen LogP contribution in [0.1, 0.15) is 114 Å². The van der Waals surface area contributed by atoms with Gasteiger partial charge in [0.25, 0.3) is 0 Å². The van der Waals surface area contributed by atoms with Crippen LogP contribution in [0.2, 0.25) is 26.2 Å². The maximum absolute atomic E-state index is 14.0. The molecule has 3 rings (SSSR count). The Morgan fingerprint density at radius 2 is 1.65 bits per heavy atom. The van der Waals surface area contributed by atoms with Crippen molar-refractivity contribution >= 4 is 30.0 Å². The highest BCUT2D eigenvalue weighted by Gasteiger charge is 2.55. The minimum Gasteiger partial charge on any atom is -0.461 e. The Kier molecular flexibility index (Phi) is 12.9. The lowest BCUT2D eigenvalue weighted by Gasteiger charge is -2.54. The zero-order valence-corrected chi connectivity index (χ0v) is 34.1. The van der Waals surface area contributed by atoms with Crippen molar-refractivity contribution < 1.29 is 27.9 Å². The fourth-order valence-electron chi connectivity index (χ4n) is 8.16. The third-order valence-corrected chi connectivity index (χ3v) is 12.9.